The lowest BCUT2D eigenvalue weighted by molar-refractivity contribution is 0.457. The first kappa shape index (κ1) is 13.1. The molecule has 0 bridgehead atoms. The standard InChI is InChI=1S/C15H22BrN/c1-14(2)13(15(14,3)4)12(17)9-10-5-7-11(16)8-6-10/h5-8,12-13H,9,17H2,1-4H3. The third-order valence-corrected chi connectivity index (χ3v) is 5.47. The first-order valence-electron chi connectivity index (χ1n) is 6.27. The summed E-state index contributed by atoms with van der Waals surface area (Å²) in [5.74, 6) is 0.624. The summed E-state index contributed by atoms with van der Waals surface area (Å²) in [5, 5.41) is 0. The van der Waals surface area contributed by atoms with Crippen LogP contribution in [0.3, 0.4) is 0 Å². The van der Waals surface area contributed by atoms with E-state index in [1.807, 2.05) is 0 Å². The Labute approximate surface area is 113 Å². The molecule has 94 valence electrons. The minimum absolute atomic E-state index is 0.265. The highest BCUT2D eigenvalue weighted by Crippen LogP contribution is 2.69. The number of rotatable bonds is 3. The van der Waals surface area contributed by atoms with Gasteiger partial charge in [0.1, 0.15) is 0 Å². The highest BCUT2D eigenvalue weighted by atomic mass is 79.9. The van der Waals surface area contributed by atoms with Gasteiger partial charge in [-0.2, -0.15) is 0 Å². The second-order valence-corrected chi connectivity index (χ2v) is 7.33. The molecule has 1 atom stereocenters. The van der Waals surface area contributed by atoms with Crippen molar-refractivity contribution in [2.45, 2.75) is 40.2 Å². The predicted molar refractivity (Wildman–Crippen MR) is 76.9 cm³/mol. The minimum Gasteiger partial charge on any atom is -0.327 e. The van der Waals surface area contributed by atoms with Gasteiger partial charge in [0, 0.05) is 10.5 Å². The van der Waals surface area contributed by atoms with Crippen molar-refractivity contribution >= 4 is 15.9 Å². The van der Waals surface area contributed by atoms with Crippen molar-refractivity contribution in [1.82, 2.24) is 0 Å². The van der Waals surface area contributed by atoms with Crippen molar-refractivity contribution in [3.8, 4) is 0 Å². The lowest BCUT2D eigenvalue weighted by atomic mass is 9.98. The summed E-state index contributed by atoms with van der Waals surface area (Å²) in [7, 11) is 0. The summed E-state index contributed by atoms with van der Waals surface area (Å²) in [6.45, 7) is 9.33. The third-order valence-electron chi connectivity index (χ3n) is 4.95. The van der Waals surface area contributed by atoms with Crippen molar-refractivity contribution in [2.75, 3.05) is 0 Å². The highest BCUT2D eigenvalue weighted by molar-refractivity contribution is 9.10. The first-order valence-corrected chi connectivity index (χ1v) is 7.06. The lowest BCUT2D eigenvalue weighted by Gasteiger charge is -2.14. The molecule has 0 radical (unpaired) electrons. The van der Waals surface area contributed by atoms with Gasteiger partial charge >= 0.3 is 0 Å². The number of nitrogens with two attached hydrogens (primary N) is 1. The Morgan fingerprint density at radius 2 is 1.59 bits per heavy atom. The second kappa shape index (κ2) is 4.10. The van der Waals surface area contributed by atoms with Gasteiger partial charge in [0.15, 0.2) is 0 Å². The highest BCUT2D eigenvalue weighted by Gasteiger charge is 2.66. The molecule has 2 heteroatoms. The van der Waals surface area contributed by atoms with Gasteiger partial charge in [-0.3, -0.25) is 0 Å². The molecule has 1 aliphatic carbocycles. The van der Waals surface area contributed by atoms with Gasteiger partial charge in [-0.05, 0) is 40.9 Å². The fourth-order valence-corrected chi connectivity index (χ4v) is 3.59. The average Bonchev–Trinajstić information content (AvgIpc) is 2.61. The summed E-state index contributed by atoms with van der Waals surface area (Å²) >= 11 is 3.46. The Hall–Kier alpha value is -0.340. The van der Waals surface area contributed by atoms with E-state index in [9.17, 15) is 0 Å². The zero-order chi connectivity index (χ0) is 12.8. The molecule has 0 aliphatic heterocycles. The van der Waals surface area contributed by atoms with Crippen LogP contribution in [0.5, 0.6) is 0 Å². The molecule has 1 aromatic rings. The van der Waals surface area contributed by atoms with E-state index in [-0.39, 0.29) is 6.04 Å². The largest absolute Gasteiger partial charge is 0.327 e. The van der Waals surface area contributed by atoms with E-state index in [0.717, 1.165) is 10.9 Å². The summed E-state index contributed by atoms with van der Waals surface area (Å²) in [6, 6.07) is 8.76. The van der Waals surface area contributed by atoms with E-state index in [4.69, 9.17) is 5.73 Å². The van der Waals surface area contributed by atoms with Crippen molar-refractivity contribution in [3.05, 3.63) is 34.3 Å². The molecule has 1 saturated carbocycles. The Kier molecular flexibility index (Phi) is 3.16. The smallest absolute Gasteiger partial charge is 0.0175 e. The van der Waals surface area contributed by atoms with Crippen LogP contribution in [0.15, 0.2) is 28.7 Å². The fraction of sp³-hybridized carbons (Fsp3) is 0.600. The summed E-state index contributed by atoms with van der Waals surface area (Å²) in [5.41, 5.74) is 8.47. The predicted octanol–water partition coefficient (Wildman–Crippen LogP) is 4.00. The van der Waals surface area contributed by atoms with Gasteiger partial charge in [0.05, 0.1) is 0 Å². The van der Waals surface area contributed by atoms with E-state index in [2.05, 4.69) is 67.9 Å². The van der Waals surface area contributed by atoms with Crippen LogP contribution < -0.4 is 5.73 Å². The zero-order valence-electron chi connectivity index (χ0n) is 11.1. The zero-order valence-corrected chi connectivity index (χ0v) is 12.7. The van der Waals surface area contributed by atoms with Crippen molar-refractivity contribution in [3.63, 3.8) is 0 Å². The average molecular weight is 296 g/mol. The maximum absolute atomic E-state index is 6.39. The molecule has 0 heterocycles. The molecule has 1 fully saturated rings. The van der Waals surface area contributed by atoms with Gasteiger partial charge in [0.25, 0.3) is 0 Å². The molecule has 1 unspecified atom stereocenters. The number of hydrogen-bond donors (Lipinski definition) is 1. The molecule has 2 N–H and O–H groups in total. The number of benzene rings is 1. The molecule has 0 spiro atoms. The van der Waals surface area contributed by atoms with E-state index < -0.39 is 0 Å². The summed E-state index contributed by atoms with van der Waals surface area (Å²) in [6.07, 6.45) is 0.977. The normalized spacial score (nSPS) is 23.4. The van der Waals surface area contributed by atoms with Crippen LogP contribution in [0.25, 0.3) is 0 Å². The third kappa shape index (κ3) is 2.17. The summed E-state index contributed by atoms with van der Waals surface area (Å²) in [4.78, 5) is 0. The van der Waals surface area contributed by atoms with E-state index in [1.165, 1.54) is 5.56 Å². The monoisotopic (exact) mass is 295 g/mol. The quantitative estimate of drug-likeness (QED) is 0.896. The molecule has 0 aromatic heterocycles. The van der Waals surface area contributed by atoms with Gasteiger partial charge < -0.3 is 5.73 Å². The van der Waals surface area contributed by atoms with Crippen LogP contribution in [-0.2, 0) is 6.42 Å². The van der Waals surface area contributed by atoms with Crippen LogP contribution in [0.1, 0.15) is 33.3 Å². The molecular formula is C15H22BrN. The first-order chi connectivity index (χ1) is 7.76. The van der Waals surface area contributed by atoms with Crippen LogP contribution >= 0.6 is 15.9 Å². The van der Waals surface area contributed by atoms with Gasteiger partial charge in [-0.1, -0.05) is 55.8 Å². The van der Waals surface area contributed by atoms with E-state index >= 15 is 0 Å². The molecular weight excluding hydrogens is 274 g/mol. The minimum atomic E-state index is 0.265. The van der Waals surface area contributed by atoms with Crippen molar-refractivity contribution in [1.29, 1.82) is 0 Å². The molecule has 0 saturated heterocycles. The molecule has 17 heavy (non-hydrogen) atoms. The van der Waals surface area contributed by atoms with Gasteiger partial charge in [-0.15, -0.1) is 0 Å². The van der Waals surface area contributed by atoms with Gasteiger partial charge in [-0.25, -0.2) is 0 Å². The SMILES string of the molecule is CC1(C)C(C(N)Cc2ccc(Br)cc2)C1(C)C. The summed E-state index contributed by atoms with van der Waals surface area (Å²) < 4.78 is 1.13. The van der Waals surface area contributed by atoms with Crippen LogP contribution in [0.2, 0.25) is 0 Å². The maximum atomic E-state index is 6.39. The molecule has 0 amide bonds. The van der Waals surface area contributed by atoms with Crippen molar-refractivity contribution < 1.29 is 0 Å². The second-order valence-electron chi connectivity index (χ2n) is 6.42. The lowest BCUT2D eigenvalue weighted by Crippen LogP contribution is -2.28. The molecule has 2 rings (SSSR count). The topological polar surface area (TPSA) is 26.0 Å². The van der Waals surface area contributed by atoms with E-state index in [0.29, 0.717) is 16.7 Å². The van der Waals surface area contributed by atoms with Crippen LogP contribution in [-0.4, -0.2) is 6.04 Å². The molecule has 1 aliphatic rings. The Morgan fingerprint density at radius 1 is 1.12 bits per heavy atom. The Balaban J connectivity index is 2.04. The number of hydrogen-bond acceptors (Lipinski definition) is 1. The Bertz CT molecular complexity index is 391. The van der Waals surface area contributed by atoms with E-state index in [1.54, 1.807) is 0 Å². The number of halogens is 1. The van der Waals surface area contributed by atoms with Gasteiger partial charge in [0.2, 0.25) is 0 Å². The van der Waals surface area contributed by atoms with Crippen molar-refractivity contribution in [2.24, 2.45) is 22.5 Å². The molecule has 1 nitrogen and oxygen atoms in total. The maximum Gasteiger partial charge on any atom is 0.0175 e. The van der Waals surface area contributed by atoms with Crippen LogP contribution in [0.4, 0.5) is 0 Å². The molecule has 1 aromatic carbocycles. The fourth-order valence-electron chi connectivity index (χ4n) is 3.33. The van der Waals surface area contributed by atoms with Crippen LogP contribution in [0, 0.1) is 16.7 Å². The Morgan fingerprint density at radius 3 is 2.00 bits per heavy atom.